The van der Waals surface area contributed by atoms with Gasteiger partial charge in [0.25, 0.3) is 0 Å². The molecule has 0 bridgehead atoms. The Morgan fingerprint density at radius 1 is 0.909 bits per heavy atom. The summed E-state index contributed by atoms with van der Waals surface area (Å²) in [6, 6.07) is 0. The lowest BCUT2D eigenvalue weighted by Gasteiger charge is -2.22. The van der Waals surface area contributed by atoms with Crippen molar-refractivity contribution in [3.05, 3.63) is 0 Å². The fourth-order valence-electron chi connectivity index (χ4n) is 3.31. The molecule has 130 valence electrons. The van der Waals surface area contributed by atoms with Gasteiger partial charge in [-0.15, -0.1) is 0 Å². The number of unbranched alkanes of at least 4 members (excludes halogenated alkanes) is 11. The summed E-state index contributed by atoms with van der Waals surface area (Å²) < 4.78 is 0. The molecule has 1 aliphatic rings. The molecule has 0 saturated carbocycles. The van der Waals surface area contributed by atoms with Crippen molar-refractivity contribution in [2.24, 2.45) is 0 Å². The van der Waals surface area contributed by atoms with Gasteiger partial charge in [-0.25, -0.2) is 0 Å². The number of rotatable bonds is 14. The van der Waals surface area contributed by atoms with Crippen LogP contribution in [0.25, 0.3) is 0 Å². The highest BCUT2D eigenvalue weighted by molar-refractivity contribution is 5.78. The van der Waals surface area contributed by atoms with E-state index in [1.807, 2.05) is 0 Å². The Labute approximate surface area is 137 Å². The zero-order valence-electron chi connectivity index (χ0n) is 14.7. The summed E-state index contributed by atoms with van der Waals surface area (Å²) in [6.45, 7) is 3.01. The van der Waals surface area contributed by atoms with Gasteiger partial charge in [-0.2, -0.15) is 0 Å². The van der Waals surface area contributed by atoms with Gasteiger partial charge in [0, 0.05) is 13.0 Å². The number of likely N-dealkylation sites (tertiary alicyclic amines) is 1. The molecule has 1 aliphatic heterocycles. The summed E-state index contributed by atoms with van der Waals surface area (Å²) in [7, 11) is 0. The Kier molecular flexibility index (Phi) is 11.4. The fraction of sp³-hybridized carbons (Fsp3) is 0.947. The number of aliphatic hydroxyl groups excluding tert-OH is 1. The van der Waals surface area contributed by atoms with Crippen LogP contribution >= 0.6 is 0 Å². The van der Waals surface area contributed by atoms with Crippen molar-refractivity contribution in [2.45, 2.75) is 109 Å². The summed E-state index contributed by atoms with van der Waals surface area (Å²) in [5.41, 5.74) is 0. The van der Waals surface area contributed by atoms with Crippen LogP contribution in [-0.4, -0.2) is 28.7 Å². The van der Waals surface area contributed by atoms with Crippen molar-refractivity contribution in [1.82, 2.24) is 4.90 Å². The van der Waals surface area contributed by atoms with Crippen LogP contribution in [0.2, 0.25) is 0 Å². The van der Waals surface area contributed by atoms with E-state index in [0.29, 0.717) is 6.42 Å². The van der Waals surface area contributed by atoms with Crippen LogP contribution in [0.15, 0.2) is 0 Å². The lowest BCUT2D eigenvalue weighted by Crippen LogP contribution is -2.35. The molecule has 0 aromatic carbocycles. The highest BCUT2D eigenvalue weighted by Gasteiger charge is 2.25. The topological polar surface area (TPSA) is 40.5 Å². The minimum atomic E-state index is -0.530. The molecule has 1 heterocycles. The van der Waals surface area contributed by atoms with Gasteiger partial charge >= 0.3 is 0 Å². The third-order valence-corrected chi connectivity index (χ3v) is 4.79. The quantitative estimate of drug-likeness (QED) is 0.458. The lowest BCUT2D eigenvalue weighted by atomic mass is 10.0. The normalized spacial score (nSPS) is 16.5. The van der Waals surface area contributed by atoms with Crippen LogP contribution in [0.5, 0.6) is 0 Å². The molecule has 1 saturated heterocycles. The number of carbonyl (C=O) groups is 1. The van der Waals surface area contributed by atoms with Crippen LogP contribution < -0.4 is 0 Å². The van der Waals surface area contributed by atoms with Crippen LogP contribution in [0.1, 0.15) is 103 Å². The zero-order chi connectivity index (χ0) is 16.0. The van der Waals surface area contributed by atoms with Gasteiger partial charge in [-0.3, -0.25) is 4.79 Å². The van der Waals surface area contributed by atoms with E-state index in [1.54, 1.807) is 4.90 Å². The van der Waals surface area contributed by atoms with E-state index < -0.39 is 6.23 Å². The SMILES string of the molecule is CCCCCCCCCCCCCCC(O)N1CCCC1=O. The smallest absolute Gasteiger partial charge is 0.224 e. The van der Waals surface area contributed by atoms with Gasteiger partial charge in [-0.1, -0.05) is 77.6 Å². The molecule has 1 fully saturated rings. The minimum Gasteiger partial charge on any atom is -0.374 e. The summed E-state index contributed by atoms with van der Waals surface area (Å²) in [6.07, 6.45) is 17.7. The van der Waals surface area contributed by atoms with Crippen molar-refractivity contribution in [2.75, 3.05) is 6.54 Å². The number of nitrogens with zero attached hydrogens (tertiary/aromatic N) is 1. The Morgan fingerprint density at radius 2 is 1.41 bits per heavy atom. The molecule has 1 rings (SSSR count). The molecular formula is C19H37NO2. The number of aliphatic hydroxyl groups is 1. The predicted molar refractivity (Wildman–Crippen MR) is 92.6 cm³/mol. The van der Waals surface area contributed by atoms with Crippen molar-refractivity contribution in [3.8, 4) is 0 Å². The average Bonchev–Trinajstić information content (AvgIpc) is 2.94. The van der Waals surface area contributed by atoms with Gasteiger partial charge in [0.15, 0.2) is 0 Å². The van der Waals surface area contributed by atoms with E-state index in [-0.39, 0.29) is 5.91 Å². The Balaban J connectivity index is 1.81. The highest BCUT2D eigenvalue weighted by atomic mass is 16.3. The first-order chi connectivity index (χ1) is 10.8. The predicted octanol–water partition coefficient (Wildman–Crippen LogP) is 5.02. The van der Waals surface area contributed by atoms with Gasteiger partial charge in [0.1, 0.15) is 6.23 Å². The molecule has 1 N–H and O–H groups in total. The van der Waals surface area contributed by atoms with E-state index >= 15 is 0 Å². The van der Waals surface area contributed by atoms with E-state index in [0.717, 1.165) is 25.8 Å². The second-order valence-corrected chi connectivity index (χ2v) is 6.85. The van der Waals surface area contributed by atoms with E-state index in [2.05, 4.69) is 6.92 Å². The molecular weight excluding hydrogens is 274 g/mol. The zero-order valence-corrected chi connectivity index (χ0v) is 14.7. The van der Waals surface area contributed by atoms with E-state index in [9.17, 15) is 9.90 Å². The Morgan fingerprint density at radius 3 is 1.86 bits per heavy atom. The maximum absolute atomic E-state index is 11.5. The molecule has 0 spiro atoms. The summed E-state index contributed by atoms with van der Waals surface area (Å²) in [5.74, 6) is 0.131. The molecule has 3 heteroatoms. The van der Waals surface area contributed by atoms with E-state index in [4.69, 9.17) is 0 Å². The number of hydrogen-bond acceptors (Lipinski definition) is 2. The second kappa shape index (κ2) is 12.9. The average molecular weight is 312 g/mol. The molecule has 0 radical (unpaired) electrons. The summed E-state index contributed by atoms with van der Waals surface area (Å²) in [5, 5.41) is 9.99. The van der Waals surface area contributed by atoms with Crippen molar-refractivity contribution in [1.29, 1.82) is 0 Å². The van der Waals surface area contributed by atoms with Crippen molar-refractivity contribution in [3.63, 3.8) is 0 Å². The number of amides is 1. The van der Waals surface area contributed by atoms with Crippen LogP contribution in [0.3, 0.4) is 0 Å². The molecule has 1 atom stereocenters. The van der Waals surface area contributed by atoms with Gasteiger partial charge < -0.3 is 10.0 Å². The Hall–Kier alpha value is -0.570. The second-order valence-electron chi connectivity index (χ2n) is 6.85. The van der Waals surface area contributed by atoms with Gasteiger partial charge in [0.2, 0.25) is 5.91 Å². The first-order valence-electron chi connectivity index (χ1n) is 9.73. The maximum Gasteiger partial charge on any atom is 0.224 e. The molecule has 3 nitrogen and oxygen atoms in total. The fourth-order valence-corrected chi connectivity index (χ4v) is 3.31. The van der Waals surface area contributed by atoms with Gasteiger partial charge in [-0.05, 0) is 19.3 Å². The molecule has 0 aromatic heterocycles. The molecule has 0 aliphatic carbocycles. The first kappa shape index (κ1) is 19.5. The molecule has 1 unspecified atom stereocenters. The molecule has 1 amide bonds. The van der Waals surface area contributed by atoms with Crippen molar-refractivity contribution >= 4 is 5.91 Å². The van der Waals surface area contributed by atoms with Crippen molar-refractivity contribution < 1.29 is 9.90 Å². The number of carbonyl (C=O) groups excluding carboxylic acids is 1. The standard InChI is InChI=1S/C19H37NO2/c1-2-3-4-5-6-7-8-9-10-11-12-13-15-18(21)20-17-14-16-19(20)22/h18,21H,2-17H2,1H3. The highest BCUT2D eigenvalue weighted by Crippen LogP contribution is 2.17. The van der Waals surface area contributed by atoms with Crippen LogP contribution in [-0.2, 0) is 4.79 Å². The summed E-state index contributed by atoms with van der Waals surface area (Å²) >= 11 is 0. The van der Waals surface area contributed by atoms with E-state index in [1.165, 1.54) is 70.6 Å². The summed E-state index contributed by atoms with van der Waals surface area (Å²) in [4.78, 5) is 13.2. The minimum absolute atomic E-state index is 0.131. The lowest BCUT2D eigenvalue weighted by molar-refractivity contribution is -0.136. The third kappa shape index (κ3) is 8.77. The number of hydrogen-bond donors (Lipinski definition) is 1. The molecule has 0 aromatic rings. The van der Waals surface area contributed by atoms with Crippen LogP contribution in [0.4, 0.5) is 0 Å². The first-order valence-corrected chi connectivity index (χ1v) is 9.73. The third-order valence-electron chi connectivity index (χ3n) is 4.79. The van der Waals surface area contributed by atoms with Gasteiger partial charge in [0.05, 0.1) is 0 Å². The maximum atomic E-state index is 11.5. The largest absolute Gasteiger partial charge is 0.374 e. The Bertz CT molecular complexity index is 281. The van der Waals surface area contributed by atoms with Crippen LogP contribution in [0, 0.1) is 0 Å². The monoisotopic (exact) mass is 311 g/mol. The molecule has 22 heavy (non-hydrogen) atoms.